The average molecular weight is 456 g/mol. The molecular weight excluding hydrogens is 424 g/mol. The van der Waals surface area contributed by atoms with Crippen molar-refractivity contribution in [3.8, 4) is 0 Å². The van der Waals surface area contributed by atoms with Crippen LogP contribution in [0.4, 0.5) is 8.78 Å². The molecule has 0 amide bonds. The Morgan fingerprint density at radius 2 is 1.77 bits per heavy atom. The van der Waals surface area contributed by atoms with E-state index in [-0.39, 0.29) is 28.9 Å². The molecule has 9 heteroatoms. The van der Waals surface area contributed by atoms with Crippen LogP contribution in [-0.4, -0.2) is 66.7 Å². The van der Waals surface area contributed by atoms with E-state index < -0.39 is 33.8 Å². The molecule has 0 radical (unpaired) electrons. The SMILES string of the molecule is N[C@H]1C[C@@H](N2CCC3C2CCN3S(=O)(=O)C2CCCC2)CO[C@@H]1c1cc(F)ccc1F. The number of nitrogens with zero attached hydrogens (tertiary/aromatic N) is 2. The van der Waals surface area contributed by atoms with Crippen molar-refractivity contribution >= 4 is 10.0 Å². The van der Waals surface area contributed by atoms with E-state index in [0.29, 0.717) is 19.6 Å². The molecule has 172 valence electrons. The molecule has 6 nitrogen and oxygen atoms in total. The largest absolute Gasteiger partial charge is 0.370 e. The van der Waals surface area contributed by atoms with Gasteiger partial charge in [-0.2, -0.15) is 4.31 Å². The minimum Gasteiger partial charge on any atom is -0.370 e. The number of hydrogen-bond acceptors (Lipinski definition) is 5. The Kier molecular flexibility index (Phi) is 5.83. The third-order valence-electron chi connectivity index (χ3n) is 7.75. The van der Waals surface area contributed by atoms with E-state index in [0.717, 1.165) is 63.3 Å². The van der Waals surface area contributed by atoms with Gasteiger partial charge in [-0.25, -0.2) is 17.2 Å². The van der Waals surface area contributed by atoms with Gasteiger partial charge in [-0.1, -0.05) is 12.8 Å². The maximum Gasteiger partial charge on any atom is 0.217 e. The summed E-state index contributed by atoms with van der Waals surface area (Å²) in [5.41, 5.74) is 6.52. The molecule has 5 atom stereocenters. The zero-order chi connectivity index (χ0) is 21.8. The van der Waals surface area contributed by atoms with Crippen LogP contribution in [0.25, 0.3) is 0 Å². The molecule has 1 aromatic rings. The summed E-state index contributed by atoms with van der Waals surface area (Å²) in [4.78, 5) is 2.35. The van der Waals surface area contributed by atoms with Gasteiger partial charge in [-0.15, -0.1) is 0 Å². The lowest BCUT2D eigenvalue weighted by Crippen LogP contribution is -2.52. The van der Waals surface area contributed by atoms with Crippen LogP contribution >= 0.6 is 0 Å². The molecule has 0 bridgehead atoms. The lowest BCUT2D eigenvalue weighted by Gasteiger charge is -2.40. The first-order valence-corrected chi connectivity index (χ1v) is 12.9. The predicted octanol–water partition coefficient (Wildman–Crippen LogP) is 2.54. The molecule has 1 saturated carbocycles. The molecular formula is C22H31F2N3O3S. The number of benzene rings is 1. The molecule has 3 saturated heterocycles. The summed E-state index contributed by atoms with van der Waals surface area (Å²) in [6.07, 6.45) is 5.15. The molecule has 4 aliphatic rings. The third-order valence-corrected chi connectivity index (χ3v) is 10.2. The fraction of sp³-hybridized carbons (Fsp3) is 0.727. The van der Waals surface area contributed by atoms with Crippen LogP contribution in [0, 0.1) is 11.6 Å². The molecule has 0 aromatic heterocycles. The lowest BCUT2D eigenvalue weighted by molar-refractivity contribution is -0.0545. The van der Waals surface area contributed by atoms with Gasteiger partial charge in [0.15, 0.2) is 0 Å². The molecule has 0 spiro atoms. The summed E-state index contributed by atoms with van der Waals surface area (Å²) in [5, 5.41) is -0.214. The second kappa shape index (κ2) is 8.33. The smallest absolute Gasteiger partial charge is 0.217 e. The van der Waals surface area contributed by atoms with Crippen molar-refractivity contribution in [1.82, 2.24) is 9.21 Å². The van der Waals surface area contributed by atoms with E-state index in [9.17, 15) is 17.2 Å². The van der Waals surface area contributed by atoms with Crippen molar-refractivity contribution in [3.63, 3.8) is 0 Å². The summed E-state index contributed by atoms with van der Waals surface area (Å²) in [6, 6.07) is 3.18. The Balaban J connectivity index is 1.26. The van der Waals surface area contributed by atoms with Crippen LogP contribution in [0.5, 0.6) is 0 Å². The standard InChI is InChI=1S/C22H31F2N3O3S/c23-14-5-6-18(24)17(11-14)22-19(25)12-15(13-30-22)26-9-7-21-20(26)8-10-27(21)31(28,29)16-3-1-2-4-16/h5-6,11,15-16,19-22H,1-4,7-10,12-13,25H2/t15-,19+,20?,21?,22-/m1/s1. The summed E-state index contributed by atoms with van der Waals surface area (Å²) in [6.45, 7) is 1.78. The van der Waals surface area contributed by atoms with Crippen molar-refractivity contribution in [2.24, 2.45) is 5.73 Å². The van der Waals surface area contributed by atoms with Crippen LogP contribution in [0.2, 0.25) is 0 Å². The maximum absolute atomic E-state index is 14.2. The number of ether oxygens (including phenoxy) is 1. The molecule has 1 aromatic carbocycles. The van der Waals surface area contributed by atoms with Crippen LogP contribution in [0.3, 0.4) is 0 Å². The number of sulfonamides is 1. The van der Waals surface area contributed by atoms with Crippen molar-refractivity contribution in [1.29, 1.82) is 0 Å². The highest BCUT2D eigenvalue weighted by molar-refractivity contribution is 7.89. The summed E-state index contributed by atoms with van der Waals surface area (Å²) in [7, 11) is -3.24. The first kappa shape index (κ1) is 21.7. The van der Waals surface area contributed by atoms with Crippen molar-refractivity contribution in [2.45, 2.75) is 80.5 Å². The van der Waals surface area contributed by atoms with E-state index in [4.69, 9.17) is 10.5 Å². The van der Waals surface area contributed by atoms with Crippen molar-refractivity contribution in [3.05, 3.63) is 35.4 Å². The highest BCUT2D eigenvalue weighted by Crippen LogP contribution is 2.40. The van der Waals surface area contributed by atoms with Gasteiger partial charge >= 0.3 is 0 Å². The van der Waals surface area contributed by atoms with Crippen LogP contribution < -0.4 is 5.73 Å². The Morgan fingerprint density at radius 1 is 1.03 bits per heavy atom. The molecule has 3 heterocycles. The summed E-state index contributed by atoms with van der Waals surface area (Å²) < 4.78 is 61.9. The van der Waals surface area contributed by atoms with Crippen LogP contribution in [-0.2, 0) is 14.8 Å². The first-order valence-electron chi connectivity index (χ1n) is 11.4. The molecule has 2 unspecified atom stereocenters. The fourth-order valence-corrected chi connectivity index (χ4v) is 8.55. The normalized spacial score (nSPS) is 35.6. The predicted molar refractivity (Wildman–Crippen MR) is 113 cm³/mol. The highest BCUT2D eigenvalue weighted by Gasteiger charge is 2.51. The monoisotopic (exact) mass is 455 g/mol. The molecule has 2 N–H and O–H groups in total. The van der Waals surface area contributed by atoms with Gasteiger partial charge in [0.25, 0.3) is 0 Å². The van der Waals surface area contributed by atoms with Gasteiger partial charge in [-0.3, -0.25) is 4.90 Å². The first-order chi connectivity index (χ1) is 14.9. The quantitative estimate of drug-likeness (QED) is 0.755. The van der Waals surface area contributed by atoms with Gasteiger partial charge in [0.2, 0.25) is 10.0 Å². The maximum atomic E-state index is 14.2. The third kappa shape index (κ3) is 3.82. The number of nitrogens with two attached hydrogens (primary N) is 1. The Labute approximate surface area is 182 Å². The minimum atomic E-state index is -3.24. The second-order valence-corrected chi connectivity index (χ2v) is 11.7. The van der Waals surface area contributed by atoms with Gasteiger partial charge < -0.3 is 10.5 Å². The molecule has 1 aliphatic carbocycles. The van der Waals surface area contributed by atoms with Gasteiger partial charge in [-0.05, 0) is 50.3 Å². The van der Waals surface area contributed by atoms with Crippen LogP contribution in [0.1, 0.15) is 56.6 Å². The van der Waals surface area contributed by atoms with Gasteiger partial charge in [0.05, 0.1) is 11.9 Å². The minimum absolute atomic E-state index is 0.0280. The van der Waals surface area contributed by atoms with E-state index in [1.54, 1.807) is 4.31 Å². The molecule has 3 aliphatic heterocycles. The van der Waals surface area contributed by atoms with Gasteiger partial charge in [0.1, 0.15) is 17.7 Å². The van der Waals surface area contributed by atoms with Crippen molar-refractivity contribution in [2.75, 3.05) is 19.7 Å². The topological polar surface area (TPSA) is 75.9 Å². The number of fused-ring (bicyclic) bond motifs is 1. The second-order valence-electron chi connectivity index (χ2n) is 9.49. The number of halogens is 2. The molecule has 31 heavy (non-hydrogen) atoms. The lowest BCUT2D eigenvalue weighted by atomic mass is 9.93. The van der Waals surface area contributed by atoms with Gasteiger partial charge in [0, 0.05) is 42.8 Å². The zero-order valence-corrected chi connectivity index (χ0v) is 18.4. The Morgan fingerprint density at radius 3 is 2.52 bits per heavy atom. The summed E-state index contributed by atoms with van der Waals surface area (Å²) in [5.74, 6) is -1.02. The molecule has 4 fully saturated rings. The van der Waals surface area contributed by atoms with E-state index in [1.165, 1.54) is 0 Å². The average Bonchev–Trinajstić information content (AvgIpc) is 3.47. The molecule has 5 rings (SSSR count). The number of rotatable bonds is 4. The number of hydrogen-bond donors (Lipinski definition) is 1. The zero-order valence-electron chi connectivity index (χ0n) is 17.6. The Bertz CT molecular complexity index is 925. The highest BCUT2D eigenvalue weighted by atomic mass is 32.2. The number of likely N-dealkylation sites (tertiary alicyclic amines) is 1. The Hall–Kier alpha value is -1.13. The van der Waals surface area contributed by atoms with Crippen LogP contribution in [0.15, 0.2) is 18.2 Å². The van der Waals surface area contributed by atoms with E-state index >= 15 is 0 Å². The summed E-state index contributed by atoms with van der Waals surface area (Å²) >= 11 is 0. The van der Waals surface area contributed by atoms with E-state index in [1.807, 2.05) is 0 Å². The fourth-order valence-electron chi connectivity index (χ4n) is 6.26. The van der Waals surface area contributed by atoms with Crippen molar-refractivity contribution < 1.29 is 21.9 Å². The van der Waals surface area contributed by atoms with E-state index in [2.05, 4.69) is 4.90 Å².